The molecule has 0 aliphatic carbocycles. The van der Waals surface area contributed by atoms with Crippen molar-refractivity contribution in [1.29, 1.82) is 0 Å². The van der Waals surface area contributed by atoms with Gasteiger partial charge in [0.25, 0.3) is 0 Å². The van der Waals surface area contributed by atoms with Crippen molar-refractivity contribution in [2.24, 2.45) is 5.92 Å². The fourth-order valence-corrected chi connectivity index (χ4v) is 3.70. The number of carbonyl (C=O) groups excluding carboxylic acids is 2. The van der Waals surface area contributed by atoms with Gasteiger partial charge in [-0.15, -0.1) is 0 Å². The highest BCUT2D eigenvalue weighted by atomic mass is 16.5. The monoisotopic (exact) mass is 390 g/mol. The average Bonchev–Trinajstić information content (AvgIpc) is 3.06. The van der Waals surface area contributed by atoms with E-state index in [0.717, 1.165) is 28.5 Å². The van der Waals surface area contributed by atoms with Crippen molar-refractivity contribution in [2.75, 3.05) is 13.2 Å². The zero-order valence-electron chi connectivity index (χ0n) is 16.4. The minimum Gasteiger partial charge on any atom is -0.492 e. The first-order chi connectivity index (χ1) is 14.0. The lowest BCUT2D eigenvalue weighted by atomic mass is 9.97. The van der Waals surface area contributed by atoms with Gasteiger partial charge in [-0.3, -0.25) is 9.59 Å². The van der Waals surface area contributed by atoms with Crippen molar-refractivity contribution in [3.8, 4) is 11.6 Å². The summed E-state index contributed by atoms with van der Waals surface area (Å²) < 4.78 is 12.9. The van der Waals surface area contributed by atoms with E-state index in [1.807, 2.05) is 60.9 Å². The van der Waals surface area contributed by atoms with E-state index >= 15 is 0 Å². The molecule has 0 saturated carbocycles. The number of hydrogen-bond acceptors (Lipinski definition) is 5. The second-order valence-electron chi connectivity index (χ2n) is 7.16. The van der Waals surface area contributed by atoms with Crippen LogP contribution in [0.4, 0.5) is 0 Å². The van der Waals surface area contributed by atoms with E-state index in [1.165, 1.54) is 0 Å². The summed E-state index contributed by atoms with van der Waals surface area (Å²) in [6.07, 6.45) is 2.26. The Morgan fingerprint density at radius 3 is 2.76 bits per heavy atom. The smallest absolute Gasteiger partial charge is 0.313 e. The molecule has 6 nitrogen and oxygen atoms in total. The van der Waals surface area contributed by atoms with Crippen LogP contribution in [0.15, 0.2) is 54.7 Å². The van der Waals surface area contributed by atoms with Crippen LogP contribution in [-0.4, -0.2) is 34.5 Å². The quantitative estimate of drug-likeness (QED) is 0.493. The van der Waals surface area contributed by atoms with Crippen LogP contribution in [0.5, 0.6) is 5.75 Å². The molecule has 4 rings (SSSR count). The largest absolute Gasteiger partial charge is 0.492 e. The van der Waals surface area contributed by atoms with Gasteiger partial charge >= 0.3 is 5.97 Å². The zero-order chi connectivity index (χ0) is 20.4. The third-order valence-electron chi connectivity index (χ3n) is 5.17. The summed E-state index contributed by atoms with van der Waals surface area (Å²) in [5, 5.41) is 0. The van der Waals surface area contributed by atoms with E-state index in [2.05, 4.69) is 4.98 Å². The highest BCUT2D eigenvalue weighted by molar-refractivity contribution is 5.99. The van der Waals surface area contributed by atoms with Gasteiger partial charge in [0, 0.05) is 23.1 Å². The molecule has 0 unspecified atom stereocenters. The lowest BCUT2D eigenvalue weighted by molar-refractivity contribution is -0.148. The van der Waals surface area contributed by atoms with E-state index in [9.17, 15) is 9.59 Å². The molecule has 3 aromatic rings. The zero-order valence-corrected chi connectivity index (χ0v) is 16.4. The van der Waals surface area contributed by atoms with E-state index in [4.69, 9.17) is 9.47 Å². The number of ketones is 1. The van der Waals surface area contributed by atoms with Crippen LogP contribution in [0.25, 0.3) is 5.82 Å². The lowest BCUT2D eigenvalue weighted by Crippen LogP contribution is -2.31. The van der Waals surface area contributed by atoms with Gasteiger partial charge in [-0.2, -0.15) is 0 Å². The minimum absolute atomic E-state index is 0.231. The molecule has 0 bridgehead atoms. The molecule has 148 valence electrons. The molecule has 0 N–H and O–H groups in total. The summed E-state index contributed by atoms with van der Waals surface area (Å²) in [7, 11) is 0. The number of benzene rings is 1. The Bertz CT molecular complexity index is 1060. The van der Waals surface area contributed by atoms with Crippen molar-refractivity contribution < 1.29 is 19.1 Å². The lowest BCUT2D eigenvalue weighted by Gasteiger charge is -2.23. The number of rotatable bonds is 5. The Morgan fingerprint density at radius 1 is 1.17 bits per heavy atom. The SMILES string of the molecule is Cc1cc(C(=O)COC(=O)[C@H]2COc3ccccc3C2)c(C)n1-c1ccccn1. The molecule has 1 aromatic carbocycles. The number of hydrogen-bond donors (Lipinski definition) is 0. The fraction of sp³-hybridized carbons (Fsp3) is 0.261. The van der Waals surface area contributed by atoms with Crippen LogP contribution in [0, 0.1) is 19.8 Å². The fourth-order valence-electron chi connectivity index (χ4n) is 3.70. The first kappa shape index (κ1) is 18.9. The number of carbonyl (C=O) groups is 2. The van der Waals surface area contributed by atoms with Crippen LogP contribution in [0.2, 0.25) is 0 Å². The summed E-state index contributed by atoms with van der Waals surface area (Å²) >= 11 is 0. The van der Waals surface area contributed by atoms with Crippen LogP contribution in [-0.2, 0) is 16.0 Å². The van der Waals surface area contributed by atoms with E-state index < -0.39 is 11.9 Å². The summed E-state index contributed by atoms with van der Waals surface area (Å²) in [4.78, 5) is 29.5. The average molecular weight is 390 g/mol. The van der Waals surface area contributed by atoms with Gasteiger partial charge in [0.05, 0.1) is 5.92 Å². The highest BCUT2D eigenvalue weighted by Crippen LogP contribution is 2.27. The predicted octanol–water partition coefficient (Wildman–Crippen LogP) is 3.47. The van der Waals surface area contributed by atoms with Gasteiger partial charge in [0.1, 0.15) is 18.2 Å². The third-order valence-corrected chi connectivity index (χ3v) is 5.17. The van der Waals surface area contributed by atoms with E-state index in [1.54, 1.807) is 12.3 Å². The maximum Gasteiger partial charge on any atom is 0.313 e. The molecule has 0 amide bonds. The van der Waals surface area contributed by atoms with Crippen LogP contribution in [0.3, 0.4) is 0 Å². The van der Waals surface area contributed by atoms with Crippen LogP contribution in [0.1, 0.15) is 27.3 Å². The Morgan fingerprint density at radius 2 is 1.97 bits per heavy atom. The van der Waals surface area contributed by atoms with Gasteiger partial charge in [0.2, 0.25) is 5.78 Å². The van der Waals surface area contributed by atoms with Gasteiger partial charge in [-0.25, -0.2) is 4.98 Å². The predicted molar refractivity (Wildman–Crippen MR) is 107 cm³/mol. The van der Waals surface area contributed by atoms with Crippen molar-refractivity contribution in [2.45, 2.75) is 20.3 Å². The Hall–Kier alpha value is -3.41. The third kappa shape index (κ3) is 3.78. The van der Waals surface area contributed by atoms with Crippen molar-refractivity contribution in [3.63, 3.8) is 0 Å². The molecule has 3 heterocycles. The van der Waals surface area contributed by atoms with Gasteiger partial charge < -0.3 is 14.0 Å². The van der Waals surface area contributed by atoms with Crippen LogP contribution >= 0.6 is 0 Å². The molecule has 0 fully saturated rings. The molecule has 0 spiro atoms. The standard InChI is InChI=1S/C23H22N2O4/c1-15-11-19(16(2)25(15)22-9-5-6-10-24-22)20(26)14-29-23(27)18-12-17-7-3-4-8-21(17)28-13-18/h3-11,18H,12-14H2,1-2H3/t18-/m1/s1. The normalized spacial score (nSPS) is 15.3. The number of fused-ring (bicyclic) bond motifs is 1. The molecule has 1 aliphatic heterocycles. The molecule has 6 heteroatoms. The van der Waals surface area contributed by atoms with Crippen LogP contribution < -0.4 is 4.74 Å². The summed E-state index contributed by atoms with van der Waals surface area (Å²) in [6.45, 7) is 3.76. The number of aryl methyl sites for hydroxylation is 1. The first-order valence-electron chi connectivity index (χ1n) is 9.55. The number of esters is 1. The molecule has 1 aliphatic rings. The summed E-state index contributed by atoms with van der Waals surface area (Å²) in [5.74, 6) is 0.502. The van der Waals surface area contributed by atoms with Crippen molar-refractivity contribution in [1.82, 2.24) is 9.55 Å². The maximum absolute atomic E-state index is 12.7. The summed E-state index contributed by atoms with van der Waals surface area (Å²) in [5.41, 5.74) is 3.18. The van der Waals surface area contributed by atoms with Gasteiger partial charge in [-0.1, -0.05) is 24.3 Å². The topological polar surface area (TPSA) is 70.4 Å². The highest BCUT2D eigenvalue weighted by Gasteiger charge is 2.28. The molecule has 2 aromatic heterocycles. The number of pyridine rings is 1. The van der Waals surface area contributed by atoms with Gasteiger partial charge in [0.15, 0.2) is 6.61 Å². The van der Waals surface area contributed by atoms with Gasteiger partial charge in [-0.05, 0) is 50.1 Å². The Kier molecular flexibility index (Phi) is 5.16. The molecule has 0 radical (unpaired) electrons. The second kappa shape index (κ2) is 7.91. The molecular weight excluding hydrogens is 368 g/mol. The minimum atomic E-state index is -0.411. The van der Waals surface area contributed by atoms with Crippen molar-refractivity contribution >= 4 is 11.8 Å². The van der Waals surface area contributed by atoms with E-state index in [0.29, 0.717) is 12.0 Å². The van der Waals surface area contributed by atoms with Crippen molar-refractivity contribution in [3.05, 3.63) is 77.2 Å². The maximum atomic E-state index is 12.7. The number of nitrogens with zero attached hydrogens (tertiary/aromatic N) is 2. The number of para-hydroxylation sites is 1. The number of aromatic nitrogens is 2. The molecule has 1 atom stereocenters. The number of ether oxygens (including phenoxy) is 2. The van der Waals surface area contributed by atoms with E-state index in [-0.39, 0.29) is 19.0 Å². The Balaban J connectivity index is 1.42. The molecule has 0 saturated heterocycles. The second-order valence-corrected chi connectivity index (χ2v) is 7.16. The summed E-state index contributed by atoms with van der Waals surface area (Å²) in [6, 6.07) is 15.1. The molecule has 29 heavy (non-hydrogen) atoms. The Labute approximate surface area is 169 Å². The molecular formula is C23H22N2O4. The first-order valence-corrected chi connectivity index (χ1v) is 9.55. The number of Topliss-reactive ketones (excluding diaryl/α,β-unsaturated/α-hetero) is 1.